The number of aliphatic imine (C=N–C) groups is 1. The maximum atomic E-state index is 12.6. The molecule has 0 aromatic heterocycles. The van der Waals surface area contributed by atoms with Crippen molar-refractivity contribution in [3.63, 3.8) is 0 Å². The van der Waals surface area contributed by atoms with E-state index >= 15 is 0 Å². The van der Waals surface area contributed by atoms with Gasteiger partial charge in [0.05, 0.1) is 0 Å². The summed E-state index contributed by atoms with van der Waals surface area (Å²) in [5, 5.41) is 2.60. The van der Waals surface area contributed by atoms with Crippen LogP contribution in [-0.2, 0) is 0 Å². The summed E-state index contributed by atoms with van der Waals surface area (Å²) >= 11 is 0. The topological polar surface area (TPSA) is 24.4 Å². The first-order chi connectivity index (χ1) is 5.36. The molecule has 56 valence electrons. The van der Waals surface area contributed by atoms with E-state index in [0.29, 0.717) is 0 Å². The Morgan fingerprint density at radius 2 is 2.18 bits per heavy atom. The molecule has 0 bridgehead atoms. The van der Waals surface area contributed by atoms with E-state index in [2.05, 4.69) is 10.3 Å². The fourth-order valence-electron chi connectivity index (χ4n) is 1.05. The Kier molecular flexibility index (Phi) is 1.35. The first-order valence-corrected chi connectivity index (χ1v) is 3.39. The Balaban J connectivity index is 2.46. The van der Waals surface area contributed by atoms with Gasteiger partial charge in [-0.2, -0.15) is 4.39 Å². The number of nitrogens with one attached hydrogen (secondary N) is 1. The van der Waals surface area contributed by atoms with E-state index < -0.39 is 6.42 Å². The van der Waals surface area contributed by atoms with E-state index in [0.717, 1.165) is 11.3 Å². The first-order valence-electron chi connectivity index (χ1n) is 3.39. The van der Waals surface area contributed by atoms with Crippen LogP contribution in [0.25, 0.3) is 0 Å². The molecule has 0 amide bonds. The van der Waals surface area contributed by atoms with Gasteiger partial charge in [-0.3, -0.25) is 0 Å². The Morgan fingerprint density at radius 3 is 3.09 bits per heavy atom. The van der Waals surface area contributed by atoms with Crippen molar-refractivity contribution in [2.45, 2.75) is 6.42 Å². The highest BCUT2D eigenvalue weighted by Gasteiger charge is 2.09. The van der Waals surface area contributed by atoms with Crippen LogP contribution >= 0.6 is 0 Å². The van der Waals surface area contributed by atoms with Gasteiger partial charge in [0, 0.05) is 17.5 Å². The molecule has 0 saturated carbocycles. The lowest BCUT2D eigenvalue weighted by Crippen LogP contribution is -2.16. The van der Waals surface area contributed by atoms with Gasteiger partial charge in [-0.1, -0.05) is 18.2 Å². The molecule has 1 aliphatic rings. The molecule has 1 aliphatic heterocycles. The maximum Gasteiger partial charge on any atom is 0.264 e. The summed E-state index contributed by atoms with van der Waals surface area (Å²) in [6, 6.07) is 7.47. The number of hydrogen-bond acceptors (Lipinski definition) is 2. The van der Waals surface area contributed by atoms with Crippen molar-refractivity contribution in [2.75, 3.05) is 5.32 Å². The lowest BCUT2D eigenvalue weighted by atomic mass is 10.2. The average Bonchev–Trinajstić information content (AvgIpc) is 2.04. The van der Waals surface area contributed by atoms with Crippen molar-refractivity contribution < 1.29 is 4.39 Å². The quantitative estimate of drug-likeness (QED) is 0.560. The molecule has 1 aromatic carbocycles. The third-order valence-corrected chi connectivity index (χ3v) is 1.58. The standard InChI is InChI=1S/C8H7FN2/c9-8-10-5-6-3-1-2-4-7(6)11-8/h1-5,8,11H. The molecule has 0 fully saturated rings. The summed E-state index contributed by atoms with van der Waals surface area (Å²) in [4.78, 5) is 3.57. The Bertz CT molecular complexity index is 296. The van der Waals surface area contributed by atoms with Crippen molar-refractivity contribution in [1.82, 2.24) is 0 Å². The van der Waals surface area contributed by atoms with Crippen LogP contribution in [0.15, 0.2) is 29.3 Å². The van der Waals surface area contributed by atoms with Crippen LogP contribution in [0.4, 0.5) is 10.1 Å². The Labute approximate surface area is 63.8 Å². The van der Waals surface area contributed by atoms with Gasteiger partial charge >= 0.3 is 0 Å². The fourth-order valence-corrected chi connectivity index (χ4v) is 1.05. The predicted molar refractivity (Wildman–Crippen MR) is 42.6 cm³/mol. The summed E-state index contributed by atoms with van der Waals surface area (Å²) in [6.45, 7) is 0. The lowest BCUT2D eigenvalue weighted by molar-refractivity contribution is 0.386. The van der Waals surface area contributed by atoms with Crippen molar-refractivity contribution in [1.29, 1.82) is 0 Å². The average molecular weight is 150 g/mol. The zero-order valence-corrected chi connectivity index (χ0v) is 5.79. The molecule has 1 aromatic rings. The van der Waals surface area contributed by atoms with Crippen LogP contribution in [-0.4, -0.2) is 12.6 Å². The van der Waals surface area contributed by atoms with Crippen LogP contribution in [0.2, 0.25) is 0 Å². The SMILES string of the molecule is FC1N=Cc2ccccc2N1. The number of fused-ring (bicyclic) bond motifs is 1. The van der Waals surface area contributed by atoms with Crippen LogP contribution in [0.1, 0.15) is 5.56 Å². The molecule has 0 spiro atoms. The van der Waals surface area contributed by atoms with Crippen LogP contribution in [0.3, 0.4) is 0 Å². The van der Waals surface area contributed by atoms with Crippen LogP contribution in [0, 0.1) is 0 Å². The number of alkyl halides is 1. The van der Waals surface area contributed by atoms with Crippen molar-refractivity contribution in [3.8, 4) is 0 Å². The smallest absolute Gasteiger partial charge is 0.264 e. The Morgan fingerprint density at radius 1 is 1.36 bits per heavy atom. The number of hydrogen-bond donors (Lipinski definition) is 1. The summed E-state index contributed by atoms with van der Waals surface area (Å²) < 4.78 is 12.6. The highest BCUT2D eigenvalue weighted by molar-refractivity contribution is 5.89. The molecule has 1 N–H and O–H groups in total. The van der Waals surface area contributed by atoms with Crippen LogP contribution in [0.5, 0.6) is 0 Å². The monoisotopic (exact) mass is 150 g/mol. The Hall–Kier alpha value is -1.38. The molecule has 3 heteroatoms. The van der Waals surface area contributed by atoms with Gasteiger partial charge in [0.2, 0.25) is 0 Å². The van der Waals surface area contributed by atoms with E-state index in [4.69, 9.17) is 0 Å². The summed E-state index contributed by atoms with van der Waals surface area (Å²) in [6.07, 6.45) is 0.251. The molecule has 0 aliphatic carbocycles. The number of nitrogens with zero attached hydrogens (tertiary/aromatic N) is 1. The molecule has 1 heterocycles. The number of rotatable bonds is 0. The van der Waals surface area contributed by atoms with Gasteiger partial charge < -0.3 is 5.32 Å². The molecule has 1 unspecified atom stereocenters. The summed E-state index contributed by atoms with van der Waals surface area (Å²) in [7, 11) is 0. The van der Waals surface area contributed by atoms with E-state index in [-0.39, 0.29) is 0 Å². The fraction of sp³-hybridized carbons (Fsp3) is 0.125. The summed E-state index contributed by atoms with van der Waals surface area (Å²) in [5.74, 6) is 0. The summed E-state index contributed by atoms with van der Waals surface area (Å²) in [5.41, 5.74) is 1.73. The maximum absolute atomic E-state index is 12.6. The van der Waals surface area contributed by atoms with Gasteiger partial charge in [0.1, 0.15) is 0 Å². The van der Waals surface area contributed by atoms with Gasteiger partial charge in [0.15, 0.2) is 0 Å². The number of halogens is 1. The highest BCUT2D eigenvalue weighted by Crippen LogP contribution is 2.18. The minimum Gasteiger partial charge on any atom is -0.337 e. The predicted octanol–water partition coefficient (Wildman–Crippen LogP) is 1.78. The van der Waals surface area contributed by atoms with Gasteiger partial charge in [0.25, 0.3) is 6.42 Å². The number of para-hydroxylation sites is 1. The van der Waals surface area contributed by atoms with E-state index in [1.807, 2.05) is 24.3 Å². The zero-order chi connectivity index (χ0) is 7.68. The minimum absolute atomic E-state index is 0.801. The molecule has 0 radical (unpaired) electrons. The van der Waals surface area contributed by atoms with Crippen molar-refractivity contribution in [2.24, 2.45) is 4.99 Å². The first kappa shape index (κ1) is 6.34. The highest BCUT2D eigenvalue weighted by atomic mass is 19.1. The second-order valence-electron chi connectivity index (χ2n) is 2.35. The van der Waals surface area contributed by atoms with Gasteiger partial charge in [-0.15, -0.1) is 0 Å². The molecular formula is C8H7FN2. The second kappa shape index (κ2) is 2.34. The van der Waals surface area contributed by atoms with Crippen molar-refractivity contribution in [3.05, 3.63) is 29.8 Å². The molecular weight excluding hydrogens is 143 g/mol. The third-order valence-electron chi connectivity index (χ3n) is 1.58. The second-order valence-corrected chi connectivity index (χ2v) is 2.35. The van der Waals surface area contributed by atoms with Crippen molar-refractivity contribution >= 4 is 11.9 Å². The van der Waals surface area contributed by atoms with E-state index in [1.165, 1.54) is 6.21 Å². The number of anilines is 1. The normalized spacial score (nSPS) is 20.6. The molecule has 2 nitrogen and oxygen atoms in total. The van der Waals surface area contributed by atoms with E-state index in [9.17, 15) is 4.39 Å². The molecule has 1 atom stereocenters. The number of benzene rings is 1. The molecule has 2 rings (SSSR count). The minimum atomic E-state index is -1.29. The van der Waals surface area contributed by atoms with Gasteiger partial charge in [-0.05, 0) is 6.07 Å². The third kappa shape index (κ3) is 1.09. The van der Waals surface area contributed by atoms with Crippen LogP contribution < -0.4 is 5.32 Å². The van der Waals surface area contributed by atoms with E-state index in [1.54, 1.807) is 0 Å². The largest absolute Gasteiger partial charge is 0.337 e. The van der Waals surface area contributed by atoms with Gasteiger partial charge in [-0.25, -0.2) is 4.99 Å². The lowest BCUT2D eigenvalue weighted by Gasteiger charge is -2.14. The molecule has 0 saturated heterocycles. The zero-order valence-electron chi connectivity index (χ0n) is 5.79. The molecule has 11 heavy (non-hydrogen) atoms.